The summed E-state index contributed by atoms with van der Waals surface area (Å²) in [7, 11) is -4.22. The highest BCUT2D eigenvalue weighted by Crippen LogP contribution is 2.92. The summed E-state index contributed by atoms with van der Waals surface area (Å²) in [5.74, 6) is -0.0994. The molecule has 30 heavy (non-hydrogen) atoms. The van der Waals surface area contributed by atoms with Crippen LogP contribution in [0.4, 0.5) is 0 Å². The second kappa shape index (κ2) is 6.29. The van der Waals surface area contributed by atoms with Crippen molar-refractivity contribution < 1.29 is 14.3 Å². The summed E-state index contributed by atoms with van der Waals surface area (Å²) in [4.78, 5) is 27.7. The van der Waals surface area contributed by atoms with Crippen LogP contribution >= 0.6 is 0 Å². The number of Topliss-reactive ketones (excluding diaryl/α,β-unsaturated/α-hetero) is 1. The van der Waals surface area contributed by atoms with Crippen molar-refractivity contribution in [3.63, 3.8) is 0 Å². The summed E-state index contributed by atoms with van der Waals surface area (Å²) < 4.78 is 5.57. The van der Waals surface area contributed by atoms with Gasteiger partial charge in [-0.2, -0.15) is 0 Å². The van der Waals surface area contributed by atoms with Gasteiger partial charge in [-0.1, -0.05) is 87.7 Å². The summed E-state index contributed by atoms with van der Waals surface area (Å²) in [5, 5.41) is 1.91. The highest BCUT2D eigenvalue weighted by atomic mass is 28.3. The Bertz CT molecular complexity index is 954. The molecule has 1 aromatic carbocycles. The minimum absolute atomic E-state index is 0.106. The smallest absolute Gasteiger partial charge is 0.310 e. The molecule has 4 rings (SSSR count). The standard InChI is InChI=1S/C25H36O3Si2/c1-9-28-22(27)20-24-16-23(2,3)15-18(24)19(21(26)25(20,24)29(4,5)6)30(7,8)17-13-11-10-12-14-17/h10-14,20H,9,15-16H2,1-8H3/t20-,24-,25+/m1/s1. The normalized spacial score (nSPS) is 32.1. The Kier molecular flexibility index (Phi) is 4.56. The average molecular weight is 441 g/mol. The first-order valence-corrected chi connectivity index (χ1v) is 17.8. The van der Waals surface area contributed by atoms with Crippen LogP contribution in [0.25, 0.3) is 0 Å². The van der Waals surface area contributed by atoms with Gasteiger partial charge in [0.15, 0.2) is 5.78 Å². The van der Waals surface area contributed by atoms with Gasteiger partial charge in [-0.15, -0.1) is 0 Å². The van der Waals surface area contributed by atoms with E-state index in [4.69, 9.17) is 4.74 Å². The maximum absolute atomic E-state index is 14.5. The predicted octanol–water partition coefficient (Wildman–Crippen LogP) is 5.10. The van der Waals surface area contributed by atoms with E-state index in [0.29, 0.717) is 12.4 Å². The van der Waals surface area contributed by atoms with Gasteiger partial charge in [0.25, 0.3) is 0 Å². The minimum atomic E-state index is -2.18. The number of esters is 1. The number of allylic oxidation sites excluding steroid dienone is 2. The van der Waals surface area contributed by atoms with Gasteiger partial charge in [-0.05, 0) is 30.4 Å². The van der Waals surface area contributed by atoms with E-state index >= 15 is 0 Å². The molecule has 5 heteroatoms. The van der Waals surface area contributed by atoms with E-state index in [9.17, 15) is 9.59 Å². The van der Waals surface area contributed by atoms with Gasteiger partial charge >= 0.3 is 5.97 Å². The zero-order valence-corrected chi connectivity index (χ0v) is 21.8. The van der Waals surface area contributed by atoms with Crippen molar-refractivity contribution in [3.8, 4) is 0 Å². The molecule has 3 aliphatic carbocycles. The molecule has 0 aromatic heterocycles. The quantitative estimate of drug-likeness (QED) is 0.473. The van der Waals surface area contributed by atoms with Crippen LogP contribution in [0, 0.1) is 16.7 Å². The summed E-state index contributed by atoms with van der Waals surface area (Å²) in [6.45, 7) is 18.4. The number of carbonyl (C=O) groups excluding carboxylic acids is 2. The first kappa shape index (κ1) is 21.8. The lowest BCUT2D eigenvalue weighted by molar-refractivity contribution is -0.146. The lowest BCUT2D eigenvalue weighted by Crippen LogP contribution is -2.49. The Balaban J connectivity index is 1.98. The number of carbonyl (C=O) groups is 2. The van der Waals surface area contributed by atoms with Crippen molar-refractivity contribution in [1.82, 2.24) is 0 Å². The molecule has 0 saturated heterocycles. The van der Waals surface area contributed by atoms with Crippen LogP contribution in [0.3, 0.4) is 0 Å². The maximum Gasteiger partial charge on any atom is 0.310 e. The van der Waals surface area contributed by atoms with E-state index in [-0.39, 0.29) is 22.7 Å². The van der Waals surface area contributed by atoms with E-state index in [2.05, 4.69) is 70.8 Å². The van der Waals surface area contributed by atoms with Crippen LogP contribution in [-0.2, 0) is 14.3 Å². The van der Waals surface area contributed by atoms with Crippen molar-refractivity contribution in [2.24, 2.45) is 16.7 Å². The molecule has 0 unspecified atom stereocenters. The fourth-order valence-corrected chi connectivity index (χ4v) is 14.4. The second-order valence-corrected chi connectivity index (χ2v) is 21.5. The van der Waals surface area contributed by atoms with Crippen LogP contribution in [0.2, 0.25) is 37.8 Å². The number of rotatable bonds is 5. The summed E-state index contributed by atoms with van der Waals surface area (Å²) in [6, 6.07) is 10.6. The zero-order chi connectivity index (χ0) is 22.3. The summed E-state index contributed by atoms with van der Waals surface area (Å²) in [5.41, 5.74) is 1.14. The second-order valence-electron chi connectivity index (χ2n) is 11.9. The third kappa shape index (κ3) is 2.42. The van der Waals surface area contributed by atoms with E-state index < -0.39 is 21.2 Å². The van der Waals surface area contributed by atoms with Crippen LogP contribution in [0.1, 0.15) is 33.6 Å². The molecule has 0 aliphatic heterocycles. The number of ether oxygens (including phenoxy) is 1. The molecule has 0 N–H and O–H groups in total. The van der Waals surface area contributed by atoms with Gasteiger partial charge in [0, 0.05) is 5.41 Å². The molecular formula is C25H36O3Si2. The lowest BCUT2D eigenvalue weighted by atomic mass is 9.88. The largest absolute Gasteiger partial charge is 0.466 e. The van der Waals surface area contributed by atoms with Crippen LogP contribution < -0.4 is 5.19 Å². The van der Waals surface area contributed by atoms with E-state index in [1.807, 2.05) is 13.0 Å². The van der Waals surface area contributed by atoms with E-state index in [0.717, 1.165) is 18.0 Å². The monoisotopic (exact) mass is 440 g/mol. The van der Waals surface area contributed by atoms with Gasteiger partial charge < -0.3 is 4.74 Å². The third-order valence-corrected chi connectivity index (χ3v) is 15.1. The van der Waals surface area contributed by atoms with Gasteiger partial charge in [0.05, 0.1) is 25.6 Å². The molecule has 162 valence electrons. The highest BCUT2D eigenvalue weighted by molar-refractivity contribution is 7.01. The minimum Gasteiger partial charge on any atom is -0.466 e. The van der Waals surface area contributed by atoms with E-state index in [1.54, 1.807) is 0 Å². The van der Waals surface area contributed by atoms with Gasteiger partial charge in [-0.3, -0.25) is 9.59 Å². The molecule has 3 aliphatic rings. The molecule has 2 saturated carbocycles. The average Bonchev–Trinajstić information content (AvgIpc) is 3.06. The zero-order valence-electron chi connectivity index (χ0n) is 19.8. The van der Waals surface area contributed by atoms with Crippen molar-refractivity contribution in [2.45, 2.75) is 71.4 Å². The van der Waals surface area contributed by atoms with Crippen molar-refractivity contribution in [1.29, 1.82) is 0 Å². The Morgan fingerprint density at radius 2 is 1.70 bits per heavy atom. The topological polar surface area (TPSA) is 43.4 Å². The SMILES string of the molecule is CCOC(=O)[C@@H]1[C@@]23CC(C)(C)CC2=C([Si](C)(C)c2ccccc2)C(=O)[C@@]13[Si](C)(C)C. The highest BCUT2D eigenvalue weighted by Gasteiger charge is 2.92. The Labute approximate surface area is 183 Å². The third-order valence-electron chi connectivity index (χ3n) is 8.21. The first-order valence-electron chi connectivity index (χ1n) is 11.3. The Morgan fingerprint density at radius 3 is 2.23 bits per heavy atom. The van der Waals surface area contributed by atoms with Gasteiger partial charge in [-0.25, -0.2) is 0 Å². The lowest BCUT2D eigenvalue weighted by Gasteiger charge is -2.33. The fraction of sp³-hybridized carbons (Fsp3) is 0.600. The number of benzene rings is 1. The predicted molar refractivity (Wildman–Crippen MR) is 127 cm³/mol. The molecule has 1 aromatic rings. The number of hydrogen-bond donors (Lipinski definition) is 0. The molecule has 0 amide bonds. The summed E-state index contributed by atoms with van der Waals surface area (Å²) >= 11 is 0. The first-order chi connectivity index (χ1) is 13.8. The van der Waals surface area contributed by atoms with Crippen molar-refractivity contribution in [3.05, 3.63) is 41.1 Å². The number of ketones is 1. The molecule has 0 radical (unpaired) electrons. The Morgan fingerprint density at radius 1 is 1.10 bits per heavy atom. The molecule has 3 nitrogen and oxygen atoms in total. The Hall–Kier alpha value is -1.47. The summed E-state index contributed by atoms with van der Waals surface area (Å²) in [6.07, 6.45) is 1.86. The van der Waals surface area contributed by atoms with Gasteiger partial charge in [0.2, 0.25) is 0 Å². The molecule has 1 spiro atoms. The fourth-order valence-electron chi connectivity index (χ4n) is 7.43. The van der Waals surface area contributed by atoms with Gasteiger partial charge in [0.1, 0.15) is 8.07 Å². The molecular weight excluding hydrogens is 404 g/mol. The van der Waals surface area contributed by atoms with Crippen LogP contribution in [0.15, 0.2) is 41.1 Å². The molecule has 0 heterocycles. The molecule has 2 fully saturated rings. The van der Waals surface area contributed by atoms with Crippen LogP contribution in [0.5, 0.6) is 0 Å². The molecule has 0 bridgehead atoms. The maximum atomic E-state index is 14.5. The van der Waals surface area contributed by atoms with Crippen molar-refractivity contribution >= 4 is 33.1 Å². The number of hydrogen-bond acceptors (Lipinski definition) is 3. The molecule has 3 atom stereocenters. The van der Waals surface area contributed by atoms with Crippen molar-refractivity contribution in [2.75, 3.05) is 6.61 Å². The van der Waals surface area contributed by atoms with Crippen LogP contribution in [-0.4, -0.2) is 34.5 Å². The van der Waals surface area contributed by atoms with E-state index in [1.165, 1.54) is 10.8 Å².